The maximum atomic E-state index is 13.4. The molecule has 1 aliphatic rings. The molecular formula is C31H33N3O3. The first-order chi connectivity index (χ1) is 18.1. The molecular weight excluding hydrogens is 462 g/mol. The van der Waals surface area contributed by atoms with Crippen molar-refractivity contribution in [1.29, 1.82) is 0 Å². The molecule has 37 heavy (non-hydrogen) atoms. The van der Waals surface area contributed by atoms with Crippen LogP contribution in [0.15, 0.2) is 76.6 Å². The van der Waals surface area contributed by atoms with E-state index in [1.54, 1.807) is 6.21 Å². The van der Waals surface area contributed by atoms with E-state index >= 15 is 0 Å². The molecule has 0 unspecified atom stereocenters. The summed E-state index contributed by atoms with van der Waals surface area (Å²) >= 11 is 0. The molecule has 6 nitrogen and oxygen atoms in total. The summed E-state index contributed by atoms with van der Waals surface area (Å²) in [6.07, 6.45) is 7.30. The van der Waals surface area contributed by atoms with E-state index in [-0.39, 0.29) is 11.5 Å². The lowest BCUT2D eigenvalue weighted by Crippen LogP contribution is -2.25. The summed E-state index contributed by atoms with van der Waals surface area (Å²) in [6, 6.07) is 21.5. The Kier molecular flexibility index (Phi) is 7.64. The maximum Gasteiger partial charge on any atom is 0.282 e. The van der Waals surface area contributed by atoms with Crippen molar-refractivity contribution in [1.82, 2.24) is 9.66 Å². The minimum Gasteiger partial charge on any atom is -0.490 e. The largest absolute Gasteiger partial charge is 0.490 e. The predicted octanol–water partition coefficient (Wildman–Crippen LogP) is 6.61. The highest BCUT2D eigenvalue weighted by atomic mass is 16.5. The van der Waals surface area contributed by atoms with Gasteiger partial charge in [0.25, 0.3) is 5.56 Å². The molecule has 0 aliphatic heterocycles. The van der Waals surface area contributed by atoms with Crippen molar-refractivity contribution in [2.45, 2.75) is 58.5 Å². The second kappa shape index (κ2) is 11.4. The van der Waals surface area contributed by atoms with E-state index in [9.17, 15) is 4.79 Å². The second-order valence-electron chi connectivity index (χ2n) is 9.60. The van der Waals surface area contributed by atoms with Gasteiger partial charge in [-0.25, -0.2) is 4.98 Å². The van der Waals surface area contributed by atoms with Gasteiger partial charge in [0.05, 0.1) is 23.7 Å². The molecule has 0 atom stereocenters. The van der Waals surface area contributed by atoms with Gasteiger partial charge in [0, 0.05) is 5.92 Å². The average Bonchev–Trinajstić information content (AvgIpc) is 2.93. The van der Waals surface area contributed by atoms with Crippen LogP contribution in [0, 0.1) is 6.92 Å². The first kappa shape index (κ1) is 24.8. The number of nitrogens with zero attached hydrogens (tertiary/aromatic N) is 3. The first-order valence-electron chi connectivity index (χ1n) is 13.1. The Morgan fingerprint density at radius 3 is 2.54 bits per heavy atom. The second-order valence-corrected chi connectivity index (χ2v) is 9.60. The van der Waals surface area contributed by atoms with Gasteiger partial charge < -0.3 is 9.47 Å². The van der Waals surface area contributed by atoms with E-state index in [0.29, 0.717) is 30.1 Å². The molecule has 5 rings (SSSR count). The number of aromatic nitrogens is 2. The van der Waals surface area contributed by atoms with Crippen molar-refractivity contribution in [2.24, 2.45) is 5.10 Å². The van der Waals surface area contributed by atoms with E-state index in [4.69, 9.17) is 14.5 Å². The van der Waals surface area contributed by atoms with Crippen molar-refractivity contribution in [3.8, 4) is 11.5 Å². The molecule has 0 amide bonds. The van der Waals surface area contributed by atoms with Crippen LogP contribution in [0.3, 0.4) is 0 Å². The average molecular weight is 496 g/mol. The Bertz CT molecular complexity index is 1450. The van der Waals surface area contributed by atoms with Gasteiger partial charge in [-0.1, -0.05) is 61.2 Å². The highest BCUT2D eigenvalue weighted by Crippen LogP contribution is 2.32. The van der Waals surface area contributed by atoms with E-state index in [1.165, 1.54) is 16.7 Å². The zero-order valence-corrected chi connectivity index (χ0v) is 21.5. The lowest BCUT2D eigenvalue weighted by Gasteiger charge is -2.22. The van der Waals surface area contributed by atoms with E-state index < -0.39 is 0 Å². The van der Waals surface area contributed by atoms with Gasteiger partial charge >= 0.3 is 0 Å². The smallest absolute Gasteiger partial charge is 0.282 e. The third kappa shape index (κ3) is 5.74. The van der Waals surface area contributed by atoms with Crippen LogP contribution < -0.4 is 15.0 Å². The van der Waals surface area contributed by atoms with E-state index in [2.05, 4.69) is 36.3 Å². The number of benzene rings is 3. The normalized spacial score (nSPS) is 14.3. The number of hydrogen-bond donors (Lipinski definition) is 0. The fraction of sp³-hybridized carbons (Fsp3) is 0.323. The van der Waals surface area contributed by atoms with Crippen LogP contribution in [0.4, 0.5) is 0 Å². The molecule has 0 N–H and O–H groups in total. The summed E-state index contributed by atoms with van der Waals surface area (Å²) in [5.74, 6) is 2.31. The van der Waals surface area contributed by atoms with Gasteiger partial charge in [-0.15, -0.1) is 0 Å². The van der Waals surface area contributed by atoms with Crippen LogP contribution >= 0.6 is 0 Å². The highest BCUT2D eigenvalue weighted by Gasteiger charge is 2.22. The monoisotopic (exact) mass is 495 g/mol. The van der Waals surface area contributed by atoms with Crippen molar-refractivity contribution >= 4 is 17.1 Å². The van der Waals surface area contributed by atoms with Gasteiger partial charge in [0.15, 0.2) is 11.5 Å². The number of para-hydroxylation sites is 1. The van der Waals surface area contributed by atoms with E-state index in [1.807, 2.05) is 49.4 Å². The van der Waals surface area contributed by atoms with Crippen LogP contribution in [0.5, 0.6) is 11.5 Å². The lowest BCUT2D eigenvalue weighted by atomic mass is 9.88. The molecule has 0 radical (unpaired) electrons. The number of rotatable bonds is 8. The summed E-state index contributed by atoms with van der Waals surface area (Å²) in [5.41, 5.74) is 3.73. The zero-order valence-electron chi connectivity index (χ0n) is 21.5. The molecule has 1 fully saturated rings. The van der Waals surface area contributed by atoms with Gasteiger partial charge in [0.1, 0.15) is 12.4 Å². The van der Waals surface area contributed by atoms with E-state index in [0.717, 1.165) is 48.2 Å². The lowest BCUT2D eigenvalue weighted by molar-refractivity contribution is 0.269. The Balaban J connectivity index is 1.45. The van der Waals surface area contributed by atoms with Crippen LogP contribution in [0.2, 0.25) is 0 Å². The van der Waals surface area contributed by atoms with Gasteiger partial charge in [-0.3, -0.25) is 4.79 Å². The fourth-order valence-corrected chi connectivity index (χ4v) is 4.84. The molecule has 0 spiro atoms. The zero-order chi connectivity index (χ0) is 25.6. The Morgan fingerprint density at radius 2 is 1.76 bits per heavy atom. The van der Waals surface area contributed by atoms with Gasteiger partial charge in [-0.05, 0) is 68.1 Å². The maximum absolute atomic E-state index is 13.4. The third-order valence-electron chi connectivity index (χ3n) is 6.85. The van der Waals surface area contributed by atoms with Gasteiger partial charge in [-0.2, -0.15) is 9.78 Å². The minimum atomic E-state index is -0.134. The topological polar surface area (TPSA) is 65.7 Å². The number of fused-ring (bicyclic) bond motifs is 1. The minimum absolute atomic E-state index is 0.134. The summed E-state index contributed by atoms with van der Waals surface area (Å²) in [5, 5.41) is 5.23. The number of hydrogen-bond acceptors (Lipinski definition) is 5. The molecule has 1 aliphatic carbocycles. The molecule has 0 saturated heterocycles. The summed E-state index contributed by atoms with van der Waals surface area (Å²) in [6.45, 7) is 4.98. The number of aryl methyl sites for hydroxylation is 1. The third-order valence-corrected chi connectivity index (χ3v) is 6.85. The van der Waals surface area contributed by atoms with Crippen molar-refractivity contribution < 1.29 is 9.47 Å². The van der Waals surface area contributed by atoms with Crippen LogP contribution in [0.1, 0.15) is 67.5 Å². The summed E-state index contributed by atoms with van der Waals surface area (Å²) < 4.78 is 13.4. The Hall–Kier alpha value is -3.93. The van der Waals surface area contributed by atoms with Crippen LogP contribution in [0.25, 0.3) is 10.9 Å². The Morgan fingerprint density at radius 1 is 0.973 bits per heavy atom. The van der Waals surface area contributed by atoms with Crippen molar-refractivity contribution in [3.05, 3.63) is 99.6 Å². The van der Waals surface area contributed by atoms with Crippen molar-refractivity contribution in [2.75, 3.05) is 6.61 Å². The predicted molar refractivity (Wildman–Crippen MR) is 148 cm³/mol. The molecule has 6 heteroatoms. The molecule has 1 saturated carbocycles. The van der Waals surface area contributed by atoms with Crippen LogP contribution in [-0.4, -0.2) is 22.5 Å². The molecule has 4 aromatic rings. The van der Waals surface area contributed by atoms with Gasteiger partial charge in [0.2, 0.25) is 0 Å². The molecule has 1 heterocycles. The molecule has 0 bridgehead atoms. The molecule has 1 aromatic heterocycles. The summed E-state index contributed by atoms with van der Waals surface area (Å²) in [7, 11) is 0. The number of ether oxygens (including phenoxy) is 2. The highest BCUT2D eigenvalue weighted by molar-refractivity contribution is 5.81. The Labute approximate surface area is 217 Å². The molecule has 190 valence electrons. The summed E-state index contributed by atoms with van der Waals surface area (Å²) in [4.78, 5) is 18.3. The van der Waals surface area contributed by atoms with Crippen molar-refractivity contribution in [3.63, 3.8) is 0 Å². The first-order valence-corrected chi connectivity index (χ1v) is 13.1. The van der Waals surface area contributed by atoms with Crippen LogP contribution in [-0.2, 0) is 6.61 Å². The quantitative estimate of drug-likeness (QED) is 0.258. The molecule has 3 aromatic carbocycles. The fourth-order valence-electron chi connectivity index (χ4n) is 4.84. The SMILES string of the molecule is CCOc1cc(C=Nn2c(C3CCCCC3)nc3ccccc3c2=O)ccc1OCc1ccc(C)cc1. The standard InChI is InChI=1S/C31H33N3O3/c1-3-36-29-19-24(17-18-28(29)37-21-23-15-13-22(2)14-16-23)20-32-34-30(25-9-5-4-6-10-25)33-27-12-8-7-11-26(27)31(34)35/h7-8,11-20,25H,3-6,9-10,21H2,1-2H3.